The number of carbonyl (C=O) groups is 1. The zero-order valence-corrected chi connectivity index (χ0v) is 7.49. The normalized spacial score (nSPS) is 9.31. The first-order valence-corrected chi connectivity index (χ1v) is 4.03. The maximum absolute atomic E-state index is 9.97. The molecule has 0 radical (unpaired) electrons. The lowest BCUT2D eigenvalue weighted by molar-refractivity contribution is -0.109. The summed E-state index contributed by atoms with van der Waals surface area (Å²) in [5, 5.41) is 2.59. The smallest absolute Gasteiger partial charge is 0.213 e. The standard InChI is InChI=1S/C9H12N2O2/c1-13-9-6-8(3-5-11-9)2-4-10-7-12/h3,5-7H,2,4H2,1H3,(H,10,12). The molecule has 1 rings (SSSR count). The summed E-state index contributed by atoms with van der Waals surface area (Å²) in [7, 11) is 1.58. The third-order valence-electron chi connectivity index (χ3n) is 1.65. The summed E-state index contributed by atoms with van der Waals surface area (Å²) < 4.78 is 4.96. The lowest BCUT2D eigenvalue weighted by Gasteiger charge is -2.02. The lowest BCUT2D eigenvalue weighted by Crippen LogP contribution is -2.14. The van der Waals surface area contributed by atoms with Gasteiger partial charge in [0.25, 0.3) is 0 Å². The zero-order chi connectivity index (χ0) is 9.52. The van der Waals surface area contributed by atoms with Crippen LogP contribution in [0.4, 0.5) is 0 Å². The van der Waals surface area contributed by atoms with Crippen LogP contribution >= 0.6 is 0 Å². The van der Waals surface area contributed by atoms with Gasteiger partial charge in [0.1, 0.15) is 0 Å². The van der Waals surface area contributed by atoms with Crippen LogP contribution in [-0.4, -0.2) is 25.0 Å². The van der Waals surface area contributed by atoms with E-state index in [-0.39, 0.29) is 0 Å². The van der Waals surface area contributed by atoms with E-state index in [0.717, 1.165) is 12.0 Å². The van der Waals surface area contributed by atoms with E-state index < -0.39 is 0 Å². The summed E-state index contributed by atoms with van der Waals surface area (Å²) in [4.78, 5) is 13.9. The van der Waals surface area contributed by atoms with Crippen molar-refractivity contribution in [3.05, 3.63) is 23.9 Å². The number of ether oxygens (including phenoxy) is 1. The molecule has 0 atom stereocenters. The number of pyridine rings is 1. The first-order chi connectivity index (χ1) is 6.36. The monoisotopic (exact) mass is 180 g/mol. The third kappa shape index (κ3) is 3.11. The molecule has 0 saturated carbocycles. The molecular formula is C9H12N2O2. The van der Waals surface area contributed by atoms with Crippen molar-refractivity contribution < 1.29 is 9.53 Å². The van der Waals surface area contributed by atoms with Crippen LogP contribution in [-0.2, 0) is 11.2 Å². The molecule has 4 nitrogen and oxygen atoms in total. The maximum Gasteiger partial charge on any atom is 0.213 e. The molecule has 1 N–H and O–H groups in total. The van der Waals surface area contributed by atoms with E-state index in [1.54, 1.807) is 13.3 Å². The van der Waals surface area contributed by atoms with Gasteiger partial charge in [-0.15, -0.1) is 0 Å². The highest BCUT2D eigenvalue weighted by Gasteiger charge is 1.95. The summed E-state index contributed by atoms with van der Waals surface area (Å²) >= 11 is 0. The zero-order valence-electron chi connectivity index (χ0n) is 7.49. The number of amides is 1. The largest absolute Gasteiger partial charge is 0.481 e. The Labute approximate surface area is 76.9 Å². The number of aromatic nitrogens is 1. The van der Waals surface area contributed by atoms with Crippen molar-refractivity contribution in [1.82, 2.24) is 10.3 Å². The number of carbonyl (C=O) groups excluding carboxylic acids is 1. The van der Waals surface area contributed by atoms with Crippen LogP contribution in [0.15, 0.2) is 18.3 Å². The molecule has 0 spiro atoms. The number of nitrogens with one attached hydrogen (secondary N) is 1. The van der Waals surface area contributed by atoms with E-state index in [2.05, 4.69) is 10.3 Å². The predicted octanol–water partition coefficient (Wildman–Crippen LogP) is 0.379. The molecule has 0 aliphatic rings. The van der Waals surface area contributed by atoms with Gasteiger partial charge in [-0.25, -0.2) is 4.98 Å². The average molecular weight is 180 g/mol. The highest BCUT2D eigenvalue weighted by atomic mass is 16.5. The van der Waals surface area contributed by atoms with Gasteiger partial charge in [0.05, 0.1) is 7.11 Å². The van der Waals surface area contributed by atoms with Crippen LogP contribution in [0.2, 0.25) is 0 Å². The first kappa shape index (κ1) is 9.51. The molecule has 1 heterocycles. The van der Waals surface area contributed by atoms with E-state index in [0.29, 0.717) is 18.8 Å². The second kappa shape index (κ2) is 5.13. The topological polar surface area (TPSA) is 51.2 Å². The molecule has 1 amide bonds. The number of rotatable bonds is 5. The lowest BCUT2D eigenvalue weighted by atomic mass is 10.2. The summed E-state index contributed by atoms with van der Waals surface area (Å²) in [5.41, 5.74) is 1.10. The van der Waals surface area contributed by atoms with Gasteiger partial charge in [-0.05, 0) is 18.1 Å². The van der Waals surface area contributed by atoms with Crippen molar-refractivity contribution in [3.8, 4) is 5.88 Å². The second-order valence-corrected chi connectivity index (χ2v) is 2.53. The van der Waals surface area contributed by atoms with Gasteiger partial charge in [0.15, 0.2) is 0 Å². The fourth-order valence-electron chi connectivity index (χ4n) is 0.993. The van der Waals surface area contributed by atoms with Gasteiger partial charge in [-0.2, -0.15) is 0 Å². The number of hydrogen-bond donors (Lipinski definition) is 1. The molecular weight excluding hydrogens is 168 g/mol. The van der Waals surface area contributed by atoms with Gasteiger partial charge in [-0.3, -0.25) is 4.79 Å². The van der Waals surface area contributed by atoms with Crippen LogP contribution in [0.25, 0.3) is 0 Å². The van der Waals surface area contributed by atoms with Crippen molar-refractivity contribution in [1.29, 1.82) is 0 Å². The van der Waals surface area contributed by atoms with Gasteiger partial charge in [-0.1, -0.05) is 0 Å². The molecule has 13 heavy (non-hydrogen) atoms. The Morgan fingerprint density at radius 1 is 1.69 bits per heavy atom. The maximum atomic E-state index is 9.97. The Balaban J connectivity index is 2.50. The fourth-order valence-corrected chi connectivity index (χ4v) is 0.993. The van der Waals surface area contributed by atoms with Crippen molar-refractivity contribution >= 4 is 6.41 Å². The number of methoxy groups -OCH3 is 1. The summed E-state index contributed by atoms with van der Waals surface area (Å²) in [6.07, 6.45) is 3.17. The van der Waals surface area contributed by atoms with Crippen molar-refractivity contribution in [2.75, 3.05) is 13.7 Å². The average Bonchev–Trinajstić information content (AvgIpc) is 2.19. The molecule has 0 bridgehead atoms. The van der Waals surface area contributed by atoms with Gasteiger partial charge in [0.2, 0.25) is 12.3 Å². The second-order valence-electron chi connectivity index (χ2n) is 2.53. The Morgan fingerprint density at radius 2 is 2.54 bits per heavy atom. The number of hydrogen-bond acceptors (Lipinski definition) is 3. The summed E-state index contributed by atoms with van der Waals surface area (Å²) in [5.74, 6) is 0.601. The molecule has 4 heteroatoms. The van der Waals surface area contributed by atoms with Crippen molar-refractivity contribution in [3.63, 3.8) is 0 Å². The van der Waals surface area contributed by atoms with E-state index in [1.807, 2.05) is 12.1 Å². The Bertz CT molecular complexity index is 276. The summed E-state index contributed by atoms with van der Waals surface area (Å²) in [6, 6.07) is 3.75. The SMILES string of the molecule is COc1cc(CCNC=O)ccn1. The van der Waals surface area contributed by atoms with Gasteiger partial charge in [0, 0.05) is 18.8 Å². The Kier molecular flexibility index (Phi) is 3.75. The minimum atomic E-state index is 0.601. The molecule has 0 aromatic carbocycles. The minimum absolute atomic E-state index is 0.601. The van der Waals surface area contributed by atoms with E-state index in [4.69, 9.17) is 4.74 Å². The first-order valence-electron chi connectivity index (χ1n) is 4.03. The fraction of sp³-hybridized carbons (Fsp3) is 0.333. The predicted molar refractivity (Wildman–Crippen MR) is 48.6 cm³/mol. The molecule has 1 aromatic rings. The van der Waals surface area contributed by atoms with E-state index in [1.165, 1.54) is 0 Å². The van der Waals surface area contributed by atoms with Gasteiger partial charge >= 0.3 is 0 Å². The van der Waals surface area contributed by atoms with Crippen LogP contribution in [0.3, 0.4) is 0 Å². The third-order valence-corrected chi connectivity index (χ3v) is 1.65. The molecule has 70 valence electrons. The molecule has 0 fully saturated rings. The molecule has 0 aliphatic heterocycles. The summed E-state index contributed by atoms with van der Waals surface area (Å²) in [6.45, 7) is 0.636. The van der Waals surface area contributed by atoms with Crippen LogP contribution in [0.1, 0.15) is 5.56 Å². The van der Waals surface area contributed by atoms with E-state index in [9.17, 15) is 4.79 Å². The minimum Gasteiger partial charge on any atom is -0.481 e. The highest BCUT2D eigenvalue weighted by molar-refractivity contribution is 5.45. The van der Waals surface area contributed by atoms with Crippen LogP contribution < -0.4 is 10.1 Å². The number of nitrogens with zero attached hydrogens (tertiary/aromatic N) is 1. The van der Waals surface area contributed by atoms with Gasteiger partial charge < -0.3 is 10.1 Å². The van der Waals surface area contributed by atoms with E-state index >= 15 is 0 Å². The Hall–Kier alpha value is -1.58. The van der Waals surface area contributed by atoms with Crippen molar-refractivity contribution in [2.24, 2.45) is 0 Å². The molecule has 1 aromatic heterocycles. The highest BCUT2D eigenvalue weighted by Crippen LogP contribution is 2.08. The Morgan fingerprint density at radius 3 is 3.23 bits per heavy atom. The van der Waals surface area contributed by atoms with Crippen LogP contribution in [0.5, 0.6) is 5.88 Å². The van der Waals surface area contributed by atoms with Crippen LogP contribution in [0, 0.1) is 0 Å². The molecule has 0 saturated heterocycles. The molecule has 0 aliphatic carbocycles. The quantitative estimate of drug-likeness (QED) is 0.526. The molecule has 0 unspecified atom stereocenters. The van der Waals surface area contributed by atoms with Crippen molar-refractivity contribution in [2.45, 2.75) is 6.42 Å².